The van der Waals surface area contributed by atoms with Crippen molar-refractivity contribution in [3.8, 4) is 22.6 Å². The molecule has 0 spiro atoms. The van der Waals surface area contributed by atoms with Crippen LogP contribution in [0.5, 0.6) is 11.5 Å². The molecule has 0 saturated heterocycles. The van der Waals surface area contributed by atoms with Crippen molar-refractivity contribution < 1.29 is 19.1 Å². The summed E-state index contributed by atoms with van der Waals surface area (Å²) in [6, 6.07) is 6.87. The van der Waals surface area contributed by atoms with Gasteiger partial charge in [-0.2, -0.15) is 0 Å². The number of fused-ring (bicyclic) bond motifs is 1. The Morgan fingerprint density at radius 1 is 1.03 bits per heavy atom. The van der Waals surface area contributed by atoms with Gasteiger partial charge in [0.15, 0.2) is 0 Å². The topological polar surface area (TPSA) is 106 Å². The van der Waals surface area contributed by atoms with E-state index < -0.39 is 0 Å². The van der Waals surface area contributed by atoms with Crippen LogP contribution in [-0.2, 0) is 9.59 Å². The number of aromatic nitrogens is 2. The van der Waals surface area contributed by atoms with E-state index in [0.29, 0.717) is 51.4 Å². The first-order valence-corrected chi connectivity index (χ1v) is 12.5. The predicted octanol–water partition coefficient (Wildman–Crippen LogP) is 4.40. The highest BCUT2D eigenvalue weighted by Crippen LogP contribution is 2.46. The van der Waals surface area contributed by atoms with Crippen LogP contribution in [0.3, 0.4) is 0 Å². The van der Waals surface area contributed by atoms with Crippen molar-refractivity contribution >= 4 is 51.9 Å². The van der Waals surface area contributed by atoms with Crippen molar-refractivity contribution in [1.82, 2.24) is 20.2 Å². The van der Waals surface area contributed by atoms with Gasteiger partial charge in [0.1, 0.15) is 11.5 Å². The van der Waals surface area contributed by atoms with E-state index in [1.807, 2.05) is 18.2 Å². The van der Waals surface area contributed by atoms with Crippen LogP contribution in [0.25, 0.3) is 22.0 Å². The molecular formula is C26H29Cl2N5O4. The Hall–Kier alpha value is -3.30. The second-order valence-electron chi connectivity index (χ2n) is 9.21. The molecule has 3 atom stereocenters. The lowest BCUT2D eigenvalue weighted by Crippen LogP contribution is -2.42. The number of methoxy groups -OCH3 is 2. The number of benzene rings is 2. The molecule has 2 unspecified atom stereocenters. The van der Waals surface area contributed by atoms with E-state index in [1.54, 1.807) is 31.3 Å². The molecule has 1 saturated carbocycles. The maximum absolute atomic E-state index is 12.5. The minimum atomic E-state index is -0.208. The normalized spacial score (nSPS) is 18.9. The number of carbonyl (C=O) groups is 2. The molecule has 0 bridgehead atoms. The zero-order chi connectivity index (χ0) is 26.9. The fourth-order valence-electron chi connectivity index (χ4n) is 4.75. The fourth-order valence-corrected chi connectivity index (χ4v) is 5.47. The lowest BCUT2D eigenvalue weighted by molar-refractivity contribution is -0.133. The number of hydrogen-bond acceptors (Lipinski definition) is 7. The number of nitrogens with zero attached hydrogens (tertiary/aromatic N) is 3. The molecule has 196 valence electrons. The van der Waals surface area contributed by atoms with Gasteiger partial charge >= 0.3 is 0 Å². The molecule has 37 heavy (non-hydrogen) atoms. The molecule has 1 fully saturated rings. The molecule has 1 aliphatic rings. The summed E-state index contributed by atoms with van der Waals surface area (Å²) < 4.78 is 10.8. The quantitative estimate of drug-likeness (QED) is 0.453. The van der Waals surface area contributed by atoms with Crippen molar-refractivity contribution in [3.63, 3.8) is 0 Å². The predicted molar refractivity (Wildman–Crippen MR) is 145 cm³/mol. The van der Waals surface area contributed by atoms with E-state index >= 15 is 0 Å². The SMILES string of the molecule is COc1cc(OC)c(Cl)c(-c2ccc3nc(NC4C[C@@H](C(=O)N(C)C)CC4NC(C)=O)ncc3c2)c1Cl. The highest BCUT2D eigenvalue weighted by molar-refractivity contribution is 6.41. The summed E-state index contributed by atoms with van der Waals surface area (Å²) in [5.41, 5.74) is 2.05. The molecule has 1 aliphatic carbocycles. The molecule has 9 nitrogen and oxygen atoms in total. The van der Waals surface area contributed by atoms with Crippen LogP contribution in [0, 0.1) is 5.92 Å². The third-order valence-electron chi connectivity index (χ3n) is 6.50. The first kappa shape index (κ1) is 26.8. The second kappa shape index (κ2) is 11.0. The molecule has 2 aromatic carbocycles. The van der Waals surface area contributed by atoms with Crippen molar-refractivity contribution in [2.75, 3.05) is 33.6 Å². The maximum Gasteiger partial charge on any atom is 0.225 e. The Morgan fingerprint density at radius 2 is 1.68 bits per heavy atom. The summed E-state index contributed by atoms with van der Waals surface area (Å²) in [6.07, 6.45) is 2.83. The summed E-state index contributed by atoms with van der Waals surface area (Å²) in [7, 11) is 6.53. The first-order valence-electron chi connectivity index (χ1n) is 11.7. The monoisotopic (exact) mass is 545 g/mol. The van der Waals surface area contributed by atoms with Gasteiger partial charge in [-0.3, -0.25) is 9.59 Å². The number of carbonyl (C=O) groups excluding carboxylic acids is 2. The lowest BCUT2D eigenvalue weighted by Gasteiger charge is -2.21. The van der Waals surface area contributed by atoms with Crippen molar-refractivity contribution in [2.24, 2.45) is 5.92 Å². The molecule has 11 heteroatoms. The van der Waals surface area contributed by atoms with Gasteiger partial charge in [-0.15, -0.1) is 0 Å². The van der Waals surface area contributed by atoms with Gasteiger partial charge in [0.25, 0.3) is 0 Å². The minimum Gasteiger partial charge on any atom is -0.495 e. The number of amides is 2. The van der Waals surface area contributed by atoms with Crippen LogP contribution < -0.4 is 20.1 Å². The Bertz CT molecular complexity index is 1320. The fraction of sp³-hybridized carbons (Fsp3) is 0.385. The zero-order valence-electron chi connectivity index (χ0n) is 21.3. The van der Waals surface area contributed by atoms with E-state index in [0.717, 1.165) is 10.9 Å². The van der Waals surface area contributed by atoms with Crippen LogP contribution in [-0.4, -0.2) is 67.1 Å². The molecule has 1 aromatic heterocycles. The molecule has 4 rings (SSSR count). The van der Waals surface area contributed by atoms with Crippen molar-refractivity contribution in [1.29, 1.82) is 0 Å². The van der Waals surface area contributed by atoms with Crippen LogP contribution in [0.1, 0.15) is 19.8 Å². The Morgan fingerprint density at radius 3 is 2.27 bits per heavy atom. The minimum absolute atomic E-state index is 0.0399. The van der Waals surface area contributed by atoms with Gasteiger partial charge in [-0.25, -0.2) is 9.97 Å². The number of hydrogen-bond donors (Lipinski definition) is 2. The Labute approximate surface area is 225 Å². The largest absolute Gasteiger partial charge is 0.495 e. The number of rotatable bonds is 7. The Balaban J connectivity index is 1.63. The Kier molecular flexibility index (Phi) is 7.94. The van der Waals surface area contributed by atoms with Gasteiger partial charge in [0.2, 0.25) is 17.8 Å². The lowest BCUT2D eigenvalue weighted by atomic mass is 10.0. The molecule has 2 N–H and O–H groups in total. The van der Waals surface area contributed by atoms with Crippen LogP contribution >= 0.6 is 23.2 Å². The van der Waals surface area contributed by atoms with Gasteiger partial charge < -0.3 is 25.0 Å². The van der Waals surface area contributed by atoms with Gasteiger partial charge in [0, 0.05) is 56.2 Å². The summed E-state index contributed by atoms with van der Waals surface area (Å²) in [5, 5.41) is 7.81. The summed E-state index contributed by atoms with van der Waals surface area (Å²) in [6.45, 7) is 1.47. The van der Waals surface area contributed by atoms with Gasteiger partial charge in [-0.1, -0.05) is 29.3 Å². The summed E-state index contributed by atoms with van der Waals surface area (Å²) in [5.74, 6) is 1.01. The van der Waals surface area contributed by atoms with E-state index in [4.69, 9.17) is 32.7 Å². The number of halogens is 2. The van der Waals surface area contributed by atoms with Gasteiger partial charge in [0.05, 0.1) is 35.8 Å². The molecular weight excluding hydrogens is 517 g/mol. The molecule has 0 radical (unpaired) electrons. The van der Waals surface area contributed by atoms with Crippen molar-refractivity contribution in [2.45, 2.75) is 31.8 Å². The highest BCUT2D eigenvalue weighted by Gasteiger charge is 2.39. The van der Waals surface area contributed by atoms with E-state index in [-0.39, 0.29) is 29.8 Å². The third kappa shape index (κ3) is 5.52. The molecule has 3 aromatic rings. The number of nitrogens with one attached hydrogen (secondary N) is 2. The highest BCUT2D eigenvalue weighted by atomic mass is 35.5. The molecule has 1 heterocycles. The summed E-state index contributed by atoms with van der Waals surface area (Å²) in [4.78, 5) is 35.0. The second-order valence-corrected chi connectivity index (χ2v) is 9.97. The van der Waals surface area contributed by atoms with Crippen LogP contribution in [0.2, 0.25) is 10.0 Å². The smallest absolute Gasteiger partial charge is 0.225 e. The molecule has 0 aliphatic heterocycles. The number of ether oxygens (including phenoxy) is 2. The number of anilines is 1. The van der Waals surface area contributed by atoms with Crippen molar-refractivity contribution in [3.05, 3.63) is 40.5 Å². The maximum atomic E-state index is 12.5. The average molecular weight is 546 g/mol. The summed E-state index contributed by atoms with van der Waals surface area (Å²) >= 11 is 13.2. The standard InChI is InChI=1S/C26H29Cl2N5O4/c1-13(34)30-18-9-15(25(35)33(2)3)10-19(18)32-26-29-12-16-8-14(6-7-17(16)31-26)22-23(27)20(36-4)11-21(37-5)24(22)28/h6-8,11-12,15,18-19H,9-10H2,1-5H3,(H,30,34)(H,29,31,32)/t15-,18?,19?/m0/s1. The zero-order valence-corrected chi connectivity index (χ0v) is 22.8. The van der Waals surface area contributed by atoms with Crippen LogP contribution in [0.15, 0.2) is 30.5 Å². The van der Waals surface area contributed by atoms with Crippen LogP contribution in [0.4, 0.5) is 5.95 Å². The third-order valence-corrected chi connectivity index (χ3v) is 7.25. The van der Waals surface area contributed by atoms with E-state index in [1.165, 1.54) is 21.1 Å². The van der Waals surface area contributed by atoms with E-state index in [2.05, 4.69) is 20.6 Å². The van der Waals surface area contributed by atoms with Gasteiger partial charge in [-0.05, 0) is 30.5 Å². The van der Waals surface area contributed by atoms with E-state index in [9.17, 15) is 9.59 Å². The first-order chi connectivity index (χ1) is 17.6. The molecule has 2 amide bonds. The average Bonchev–Trinajstić information content (AvgIpc) is 3.24.